The first kappa shape index (κ1) is 13.4. The average molecular weight is 246 g/mol. The molecule has 1 N–H and O–H groups in total. The molecule has 7 nitrogen and oxygen atoms in total. The number of azide groups is 1. The standard InChI is InChI=1S/C11H10N4O3/c1-7(16)10(12)11(17)18-6-8-2-4-9(5-3-8)14-15-13/h2-5,12H,6H2,1H3. The second-order valence-electron chi connectivity index (χ2n) is 3.36. The van der Waals surface area contributed by atoms with Gasteiger partial charge >= 0.3 is 5.97 Å². The van der Waals surface area contributed by atoms with Gasteiger partial charge in [0, 0.05) is 17.5 Å². The van der Waals surface area contributed by atoms with E-state index < -0.39 is 17.5 Å². The van der Waals surface area contributed by atoms with Crippen molar-refractivity contribution in [2.24, 2.45) is 5.11 Å². The maximum absolute atomic E-state index is 11.2. The number of hydrogen-bond donors (Lipinski definition) is 1. The summed E-state index contributed by atoms with van der Waals surface area (Å²) in [5, 5.41) is 10.5. The molecule has 0 bridgehead atoms. The Morgan fingerprint density at radius 1 is 1.39 bits per heavy atom. The Hall–Kier alpha value is -2.66. The number of hydrogen-bond acceptors (Lipinski definition) is 5. The largest absolute Gasteiger partial charge is 0.456 e. The fraction of sp³-hybridized carbons (Fsp3) is 0.182. The molecule has 0 saturated heterocycles. The molecule has 18 heavy (non-hydrogen) atoms. The molecule has 0 amide bonds. The van der Waals surface area contributed by atoms with E-state index in [-0.39, 0.29) is 6.61 Å². The van der Waals surface area contributed by atoms with Gasteiger partial charge < -0.3 is 4.74 Å². The molecule has 0 saturated carbocycles. The second kappa shape index (κ2) is 6.17. The molecule has 0 aliphatic rings. The second-order valence-corrected chi connectivity index (χ2v) is 3.36. The Kier molecular flexibility index (Phi) is 4.59. The Morgan fingerprint density at radius 3 is 2.50 bits per heavy atom. The van der Waals surface area contributed by atoms with Crippen molar-refractivity contribution < 1.29 is 14.3 Å². The van der Waals surface area contributed by atoms with Crippen molar-refractivity contribution in [3.63, 3.8) is 0 Å². The lowest BCUT2D eigenvalue weighted by atomic mass is 10.2. The van der Waals surface area contributed by atoms with E-state index in [1.165, 1.54) is 0 Å². The van der Waals surface area contributed by atoms with Gasteiger partial charge in [0.25, 0.3) is 0 Å². The Labute approximate surface area is 103 Å². The number of esters is 1. The molecule has 0 aliphatic carbocycles. The van der Waals surface area contributed by atoms with Crippen LogP contribution in [0.25, 0.3) is 10.4 Å². The van der Waals surface area contributed by atoms with Crippen LogP contribution in [0.3, 0.4) is 0 Å². The van der Waals surface area contributed by atoms with Crippen molar-refractivity contribution in [2.75, 3.05) is 0 Å². The molecule has 1 rings (SSSR count). The van der Waals surface area contributed by atoms with Gasteiger partial charge in [-0.3, -0.25) is 10.2 Å². The van der Waals surface area contributed by atoms with Crippen molar-refractivity contribution in [1.82, 2.24) is 0 Å². The van der Waals surface area contributed by atoms with Crippen LogP contribution in [0.4, 0.5) is 5.69 Å². The molecular formula is C11H10N4O3. The Bertz CT molecular complexity index is 530. The van der Waals surface area contributed by atoms with Crippen LogP contribution in [-0.2, 0) is 20.9 Å². The summed E-state index contributed by atoms with van der Waals surface area (Å²) in [5.74, 6) is -1.60. The summed E-state index contributed by atoms with van der Waals surface area (Å²) in [5.41, 5.74) is 8.64. The van der Waals surface area contributed by atoms with Crippen molar-refractivity contribution in [3.8, 4) is 0 Å². The van der Waals surface area contributed by atoms with Crippen molar-refractivity contribution in [2.45, 2.75) is 13.5 Å². The summed E-state index contributed by atoms with van der Waals surface area (Å²) >= 11 is 0. The Balaban J connectivity index is 2.59. The number of carbonyl (C=O) groups is 2. The van der Waals surface area contributed by atoms with E-state index in [1.807, 2.05) is 0 Å². The zero-order valence-electron chi connectivity index (χ0n) is 9.58. The van der Waals surface area contributed by atoms with Gasteiger partial charge in [0.2, 0.25) is 0 Å². The molecule has 0 spiro atoms. The quantitative estimate of drug-likeness (QED) is 0.214. The summed E-state index contributed by atoms with van der Waals surface area (Å²) in [4.78, 5) is 24.6. The van der Waals surface area contributed by atoms with Crippen LogP contribution in [0.5, 0.6) is 0 Å². The van der Waals surface area contributed by atoms with E-state index in [4.69, 9.17) is 15.7 Å². The first-order valence-corrected chi connectivity index (χ1v) is 4.95. The van der Waals surface area contributed by atoms with Crippen LogP contribution >= 0.6 is 0 Å². The zero-order chi connectivity index (χ0) is 13.5. The number of rotatable bonds is 5. The predicted octanol–water partition coefficient (Wildman–Crippen LogP) is 2.28. The minimum atomic E-state index is -0.957. The molecule has 1 aromatic carbocycles. The summed E-state index contributed by atoms with van der Waals surface area (Å²) in [6, 6.07) is 6.38. The van der Waals surface area contributed by atoms with E-state index >= 15 is 0 Å². The molecule has 0 unspecified atom stereocenters. The summed E-state index contributed by atoms with van der Waals surface area (Å²) in [6.45, 7) is 1.07. The highest BCUT2D eigenvalue weighted by molar-refractivity contribution is 6.62. The normalized spacial score (nSPS) is 9.17. The van der Waals surface area contributed by atoms with Gasteiger partial charge in [-0.1, -0.05) is 29.4 Å². The minimum Gasteiger partial charge on any atom is -0.456 e. The maximum atomic E-state index is 11.2. The molecule has 0 aromatic heterocycles. The highest BCUT2D eigenvalue weighted by atomic mass is 16.5. The molecule has 0 aliphatic heterocycles. The van der Waals surface area contributed by atoms with E-state index in [0.29, 0.717) is 11.3 Å². The highest BCUT2D eigenvalue weighted by Crippen LogP contribution is 2.13. The molecule has 7 heteroatoms. The maximum Gasteiger partial charge on any atom is 0.360 e. The van der Waals surface area contributed by atoms with Gasteiger partial charge in [-0.25, -0.2) is 4.79 Å². The van der Waals surface area contributed by atoms with Crippen LogP contribution < -0.4 is 0 Å². The van der Waals surface area contributed by atoms with Crippen LogP contribution in [0.15, 0.2) is 29.4 Å². The number of ketones is 1. The van der Waals surface area contributed by atoms with Crippen molar-refractivity contribution >= 4 is 23.2 Å². The number of Topliss-reactive ketones (excluding diaryl/α,β-unsaturated/α-hetero) is 1. The number of nitrogens with one attached hydrogen (secondary N) is 1. The van der Waals surface area contributed by atoms with E-state index in [1.54, 1.807) is 24.3 Å². The number of benzene rings is 1. The van der Waals surface area contributed by atoms with Crippen molar-refractivity contribution in [3.05, 3.63) is 40.3 Å². The Morgan fingerprint density at radius 2 is 2.00 bits per heavy atom. The lowest BCUT2D eigenvalue weighted by Crippen LogP contribution is -2.22. The molecule has 0 atom stereocenters. The lowest BCUT2D eigenvalue weighted by molar-refractivity contribution is -0.137. The van der Waals surface area contributed by atoms with Crippen LogP contribution in [0.1, 0.15) is 12.5 Å². The van der Waals surface area contributed by atoms with Crippen LogP contribution in [0.2, 0.25) is 0 Å². The number of carbonyl (C=O) groups excluding carboxylic acids is 2. The summed E-state index contributed by atoms with van der Waals surface area (Å²) in [6.07, 6.45) is 0. The first-order valence-electron chi connectivity index (χ1n) is 4.95. The molecular weight excluding hydrogens is 236 g/mol. The minimum absolute atomic E-state index is 0.0506. The average Bonchev–Trinajstić information content (AvgIpc) is 2.37. The monoisotopic (exact) mass is 246 g/mol. The SMILES string of the molecule is CC(=O)C(=N)C(=O)OCc1ccc(N=[N+]=[N-])cc1. The van der Waals surface area contributed by atoms with Gasteiger partial charge in [-0.05, 0) is 11.1 Å². The third kappa shape index (κ3) is 3.73. The van der Waals surface area contributed by atoms with Gasteiger partial charge in [-0.15, -0.1) is 0 Å². The highest BCUT2D eigenvalue weighted by Gasteiger charge is 2.15. The van der Waals surface area contributed by atoms with Crippen molar-refractivity contribution in [1.29, 1.82) is 5.41 Å². The molecule has 0 fully saturated rings. The van der Waals surface area contributed by atoms with Crippen LogP contribution in [-0.4, -0.2) is 17.5 Å². The lowest BCUT2D eigenvalue weighted by Gasteiger charge is -2.04. The van der Waals surface area contributed by atoms with E-state index in [0.717, 1.165) is 6.92 Å². The molecule has 0 heterocycles. The first-order chi connectivity index (χ1) is 8.54. The smallest absolute Gasteiger partial charge is 0.360 e. The van der Waals surface area contributed by atoms with Gasteiger partial charge in [0.1, 0.15) is 6.61 Å². The number of ether oxygens (including phenoxy) is 1. The summed E-state index contributed by atoms with van der Waals surface area (Å²) < 4.78 is 4.76. The topological polar surface area (TPSA) is 116 Å². The summed E-state index contributed by atoms with van der Waals surface area (Å²) in [7, 11) is 0. The predicted molar refractivity (Wildman–Crippen MR) is 63.5 cm³/mol. The fourth-order valence-electron chi connectivity index (χ4n) is 1.08. The fourth-order valence-corrected chi connectivity index (χ4v) is 1.08. The molecule has 0 radical (unpaired) electrons. The zero-order valence-corrected chi connectivity index (χ0v) is 9.58. The van der Waals surface area contributed by atoms with E-state index in [9.17, 15) is 9.59 Å². The van der Waals surface area contributed by atoms with Gasteiger partial charge in [-0.2, -0.15) is 0 Å². The third-order valence-electron chi connectivity index (χ3n) is 2.02. The van der Waals surface area contributed by atoms with Gasteiger partial charge in [0.05, 0.1) is 0 Å². The molecule has 92 valence electrons. The van der Waals surface area contributed by atoms with Gasteiger partial charge in [0.15, 0.2) is 11.5 Å². The number of nitrogens with zero attached hydrogens (tertiary/aromatic N) is 3. The molecule has 1 aromatic rings. The van der Waals surface area contributed by atoms with Crippen LogP contribution in [0, 0.1) is 5.41 Å². The third-order valence-corrected chi connectivity index (χ3v) is 2.02. The van der Waals surface area contributed by atoms with E-state index in [2.05, 4.69) is 10.0 Å².